The Morgan fingerprint density at radius 3 is 1.98 bits per heavy atom. The summed E-state index contributed by atoms with van der Waals surface area (Å²) in [6.07, 6.45) is 3.69. The molecule has 13 nitrogen and oxygen atoms in total. The van der Waals surface area contributed by atoms with Crippen LogP contribution < -0.4 is 10.6 Å². The number of nitrogens with zero attached hydrogens (tertiary/aromatic N) is 1. The average molecular weight is 772 g/mol. The summed E-state index contributed by atoms with van der Waals surface area (Å²) in [6.45, 7) is 10.6. The number of rotatable bonds is 28. The average Bonchev–Trinajstić information content (AvgIpc) is 3.12. The number of hydrogen-bond donors (Lipinski definition) is 5. The standard InChI is InChI=1S/C41H66BN3O10/c1-9-10-11-12-13-30-14-16-31(17-15-30)36(50)24-32(25-46)41(54)43-28(5)34(48)18-19-38(52)45(8)39(29(6)47)37(51)23-27(4)40(53)44-33(22-26(2)3)35(49)20-21-42(7)55/h14-17,26-29,32-33,39,46-47,55H,9-13,18-25H2,1-8H3,(H,43,54)(H,44,53)/t27-,28-,29?,32-,33+,39+/m1/s1. The Morgan fingerprint density at radius 2 is 1.44 bits per heavy atom. The topological polar surface area (TPSA) is 207 Å². The molecule has 0 aliphatic heterocycles. The minimum Gasteiger partial charge on any atom is -0.451 e. The van der Waals surface area contributed by atoms with Crippen molar-refractivity contribution in [2.45, 2.75) is 150 Å². The van der Waals surface area contributed by atoms with Gasteiger partial charge in [0.1, 0.15) is 6.04 Å². The van der Waals surface area contributed by atoms with Crippen molar-refractivity contribution >= 4 is 47.8 Å². The molecule has 0 bridgehead atoms. The van der Waals surface area contributed by atoms with Crippen LogP contribution in [0.1, 0.15) is 122 Å². The Hall–Kier alpha value is -3.75. The van der Waals surface area contributed by atoms with Gasteiger partial charge in [0.25, 0.3) is 6.92 Å². The van der Waals surface area contributed by atoms with Gasteiger partial charge in [0.2, 0.25) is 17.7 Å². The summed E-state index contributed by atoms with van der Waals surface area (Å²) in [5.41, 5.74) is 1.55. The first kappa shape index (κ1) is 49.3. The molecule has 0 heterocycles. The number of aryl methyl sites for hydroxylation is 1. The molecule has 1 aromatic rings. The second-order valence-corrected chi connectivity index (χ2v) is 15.5. The lowest BCUT2D eigenvalue weighted by Crippen LogP contribution is -2.50. The van der Waals surface area contributed by atoms with E-state index in [9.17, 15) is 48.8 Å². The van der Waals surface area contributed by atoms with Gasteiger partial charge in [-0.05, 0) is 50.9 Å². The van der Waals surface area contributed by atoms with Crippen molar-refractivity contribution in [1.29, 1.82) is 0 Å². The quantitative estimate of drug-likeness (QED) is 0.0474. The predicted molar refractivity (Wildman–Crippen MR) is 212 cm³/mol. The van der Waals surface area contributed by atoms with Gasteiger partial charge >= 0.3 is 0 Å². The fraction of sp³-hybridized carbons (Fsp3) is 0.683. The highest BCUT2D eigenvalue weighted by Gasteiger charge is 2.34. The normalized spacial score (nSPS) is 14.5. The second-order valence-electron chi connectivity index (χ2n) is 15.5. The van der Waals surface area contributed by atoms with Crippen LogP contribution in [0.2, 0.25) is 13.1 Å². The summed E-state index contributed by atoms with van der Waals surface area (Å²) in [4.78, 5) is 92.1. The minimum absolute atomic E-state index is 0.0896. The highest BCUT2D eigenvalue weighted by atomic mass is 16.3. The largest absolute Gasteiger partial charge is 0.451 e. The second kappa shape index (κ2) is 25.4. The third-order valence-corrected chi connectivity index (χ3v) is 9.82. The Bertz CT molecular complexity index is 1420. The van der Waals surface area contributed by atoms with Gasteiger partial charge in [0.15, 0.2) is 23.1 Å². The van der Waals surface area contributed by atoms with Crippen LogP contribution in [0, 0.1) is 17.8 Å². The van der Waals surface area contributed by atoms with Crippen LogP contribution >= 0.6 is 0 Å². The zero-order valence-electron chi connectivity index (χ0n) is 34.3. The molecular weight excluding hydrogens is 705 g/mol. The molecule has 6 atom stereocenters. The Labute approximate surface area is 327 Å². The summed E-state index contributed by atoms with van der Waals surface area (Å²) < 4.78 is 0. The van der Waals surface area contributed by atoms with E-state index in [0.29, 0.717) is 12.0 Å². The van der Waals surface area contributed by atoms with Crippen molar-refractivity contribution < 1.29 is 48.8 Å². The molecule has 55 heavy (non-hydrogen) atoms. The number of ketones is 4. The van der Waals surface area contributed by atoms with Crippen LogP contribution in [0.5, 0.6) is 0 Å². The van der Waals surface area contributed by atoms with Crippen molar-refractivity contribution in [1.82, 2.24) is 15.5 Å². The summed E-state index contributed by atoms with van der Waals surface area (Å²) in [6, 6.07) is 4.09. The van der Waals surface area contributed by atoms with Gasteiger partial charge < -0.3 is 30.8 Å². The monoisotopic (exact) mass is 771 g/mol. The zero-order valence-corrected chi connectivity index (χ0v) is 34.3. The lowest BCUT2D eigenvalue weighted by molar-refractivity contribution is -0.143. The molecule has 0 fully saturated rings. The highest BCUT2D eigenvalue weighted by molar-refractivity contribution is 6.48. The molecule has 1 unspecified atom stereocenters. The Morgan fingerprint density at radius 1 is 0.800 bits per heavy atom. The number of carbonyl (C=O) groups excluding carboxylic acids is 7. The predicted octanol–water partition coefficient (Wildman–Crippen LogP) is 3.75. The van der Waals surface area contributed by atoms with Gasteiger partial charge in [0.05, 0.1) is 30.7 Å². The number of likely N-dealkylation sites (N-methyl/N-ethyl adjacent to an activating group) is 1. The maximum absolute atomic E-state index is 13.3. The maximum atomic E-state index is 13.3. The van der Waals surface area contributed by atoms with Gasteiger partial charge in [-0.3, -0.25) is 33.6 Å². The molecule has 14 heteroatoms. The Balaban J connectivity index is 2.75. The minimum atomic E-state index is -1.31. The number of carbonyl (C=O) groups is 7. The first-order chi connectivity index (χ1) is 25.8. The van der Waals surface area contributed by atoms with Crippen molar-refractivity contribution in [2.24, 2.45) is 17.8 Å². The summed E-state index contributed by atoms with van der Waals surface area (Å²) in [7, 11) is 1.32. The van der Waals surface area contributed by atoms with Crippen LogP contribution in [0.15, 0.2) is 24.3 Å². The van der Waals surface area contributed by atoms with Gasteiger partial charge in [0, 0.05) is 50.6 Å². The van der Waals surface area contributed by atoms with E-state index in [1.165, 1.54) is 34.2 Å². The fourth-order valence-corrected chi connectivity index (χ4v) is 6.29. The molecule has 308 valence electrons. The van der Waals surface area contributed by atoms with E-state index in [2.05, 4.69) is 17.6 Å². The number of nitrogens with one attached hydrogen (secondary N) is 2. The molecule has 1 rings (SSSR count). The Kier molecular flexibility index (Phi) is 22.8. The number of unbranched alkanes of at least 4 members (excludes halogenated alkanes) is 3. The number of benzene rings is 1. The number of aliphatic hydroxyl groups excluding tert-OH is 2. The summed E-state index contributed by atoms with van der Waals surface area (Å²) in [5.74, 6) is -5.29. The number of amides is 3. The van der Waals surface area contributed by atoms with Crippen LogP contribution in [0.3, 0.4) is 0 Å². The lowest BCUT2D eigenvalue weighted by Gasteiger charge is -2.30. The molecule has 0 saturated carbocycles. The third-order valence-electron chi connectivity index (χ3n) is 9.82. The van der Waals surface area contributed by atoms with E-state index in [1.54, 1.807) is 19.0 Å². The first-order valence-electron chi connectivity index (χ1n) is 19.9. The van der Waals surface area contributed by atoms with Gasteiger partial charge in [-0.25, -0.2) is 0 Å². The van der Waals surface area contributed by atoms with Crippen molar-refractivity contribution in [3.05, 3.63) is 35.4 Å². The maximum Gasteiger partial charge on any atom is 0.286 e. The van der Waals surface area contributed by atoms with E-state index in [0.717, 1.165) is 36.1 Å². The molecule has 0 saturated heterocycles. The highest BCUT2D eigenvalue weighted by Crippen LogP contribution is 2.17. The van der Waals surface area contributed by atoms with E-state index < -0.39 is 78.9 Å². The molecule has 0 radical (unpaired) electrons. The molecule has 0 aliphatic carbocycles. The number of hydrogen-bond acceptors (Lipinski definition) is 10. The van der Waals surface area contributed by atoms with Gasteiger partial charge in [-0.1, -0.05) is 78.0 Å². The van der Waals surface area contributed by atoms with Gasteiger partial charge in [-0.2, -0.15) is 0 Å². The van der Waals surface area contributed by atoms with Crippen molar-refractivity contribution in [3.63, 3.8) is 0 Å². The van der Waals surface area contributed by atoms with Crippen LogP contribution in [-0.4, -0.2) is 106 Å². The lowest BCUT2D eigenvalue weighted by atomic mass is 9.66. The number of aliphatic hydroxyl groups is 2. The molecule has 0 aliphatic rings. The zero-order chi connectivity index (χ0) is 41.8. The van der Waals surface area contributed by atoms with Crippen LogP contribution in [0.25, 0.3) is 0 Å². The van der Waals surface area contributed by atoms with Crippen molar-refractivity contribution in [2.75, 3.05) is 13.7 Å². The van der Waals surface area contributed by atoms with Crippen LogP contribution in [0.4, 0.5) is 0 Å². The smallest absolute Gasteiger partial charge is 0.286 e. The van der Waals surface area contributed by atoms with Crippen molar-refractivity contribution in [3.8, 4) is 0 Å². The third kappa shape index (κ3) is 18.2. The summed E-state index contributed by atoms with van der Waals surface area (Å²) in [5, 5.41) is 35.2. The first-order valence-corrected chi connectivity index (χ1v) is 19.9. The summed E-state index contributed by atoms with van der Waals surface area (Å²) >= 11 is 0. The molecule has 3 amide bonds. The molecule has 0 aromatic heterocycles. The SMILES string of the molecule is CCCCCCc1ccc(C(=O)C[C@H](CO)C(=O)N[C@H](C)C(=O)CCC(=O)N(C)[C@H](C(=O)C[C@@H](C)C(=O)N[C@@H](CC(C)C)C(=O)CCB(C)O)C(C)O)cc1. The van der Waals surface area contributed by atoms with E-state index in [1.807, 2.05) is 26.0 Å². The van der Waals surface area contributed by atoms with E-state index >= 15 is 0 Å². The van der Waals surface area contributed by atoms with E-state index in [4.69, 9.17) is 0 Å². The fourth-order valence-electron chi connectivity index (χ4n) is 6.29. The number of Topliss-reactive ketones (excluding diaryl/α,β-unsaturated/α-hetero) is 4. The molecular formula is C41H66BN3O10. The molecule has 5 N–H and O–H groups in total. The van der Waals surface area contributed by atoms with Gasteiger partial charge in [-0.15, -0.1) is 0 Å². The van der Waals surface area contributed by atoms with E-state index in [-0.39, 0.29) is 55.9 Å². The molecule has 1 aromatic carbocycles. The molecule has 0 spiro atoms. The van der Waals surface area contributed by atoms with Crippen LogP contribution in [-0.2, 0) is 35.2 Å².